The van der Waals surface area contributed by atoms with Crippen molar-refractivity contribution in [2.75, 3.05) is 5.32 Å². The molecule has 7 heteroatoms. The molecule has 124 valence electrons. The van der Waals surface area contributed by atoms with Crippen molar-refractivity contribution < 1.29 is 4.79 Å². The monoisotopic (exact) mass is 333 g/mol. The van der Waals surface area contributed by atoms with Gasteiger partial charge in [0.2, 0.25) is 11.1 Å². The molecule has 1 atom stereocenters. The van der Waals surface area contributed by atoms with E-state index in [0.29, 0.717) is 11.1 Å². The fraction of sp³-hybridized carbons (Fsp3) is 0.500. The van der Waals surface area contributed by atoms with Crippen molar-refractivity contribution in [2.24, 2.45) is 5.92 Å². The Labute approximate surface area is 141 Å². The van der Waals surface area contributed by atoms with Gasteiger partial charge in [-0.15, -0.1) is 5.10 Å². The van der Waals surface area contributed by atoms with E-state index in [-0.39, 0.29) is 11.2 Å². The topological polar surface area (TPSA) is 72.7 Å². The van der Waals surface area contributed by atoms with Crippen LogP contribution in [0.3, 0.4) is 0 Å². The number of rotatable bonds is 6. The number of nitrogens with zero attached hydrogens (tertiary/aromatic N) is 4. The molecule has 23 heavy (non-hydrogen) atoms. The van der Waals surface area contributed by atoms with E-state index in [9.17, 15) is 4.79 Å². The second-order valence-electron chi connectivity index (χ2n) is 6.11. The summed E-state index contributed by atoms with van der Waals surface area (Å²) in [6.45, 7) is 10.8. The number of thioether (sulfide) groups is 1. The van der Waals surface area contributed by atoms with E-state index in [4.69, 9.17) is 0 Å². The lowest BCUT2D eigenvalue weighted by Gasteiger charge is -2.14. The largest absolute Gasteiger partial charge is 0.325 e. The van der Waals surface area contributed by atoms with Gasteiger partial charge < -0.3 is 5.32 Å². The third kappa shape index (κ3) is 4.79. The van der Waals surface area contributed by atoms with E-state index in [1.54, 1.807) is 4.68 Å². The molecule has 1 aromatic carbocycles. The average molecular weight is 333 g/mol. The van der Waals surface area contributed by atoms with Crippen LogP contribution in [0.2, 0.25) is 0 Å². The molecule has 0 saturated heterocycles. The summed E-state index contributed by atoms with van der Waals surface area (Å²) < 4.78 is 1.75. The van der Waals surface area contributed by atoms with Crippen LogP contribution in [0.5, 0.6) is 0 Å². The summed E-state index contributed by atoms with van der Waals surface area (Å²) >= 11 is 1.37. The Morgan fingerprint density at radius 3 is 2.74 bits per heavy atom. The molecule has 0 fully saturated rings. The van der Waals surface area contributed by atoms with Gasteiger partial charge in [-0.3, -0.25) is 4.79 Å². The van der Waals surface area contributed by atoms with E-state index in [0.717, 1.165) is 23.4 Å². The maximum atomic E-state index is 12.4. The zero-order chi connectivity index (χ0) is 17.0. The number of carbonyl (C=O) groups is 1. The van der Waals surface area contributed by atoms with E-state index in [1.807, 2.05) is 39.0 Å². The van der Waals surface area contributed by atoms with Crippen molar-refractivity contribution in [3.63, 3.8) is 0 Å². The van der Waals surface area contributed by atoms with Crippen LogP contribution in [-0.2, 0) is 11.3 Å². The number of anilines is 1. The van der Waals surface area contributed by atoms with Crippen molar-refractivity contribution in [3.05, 3.63) is 29.3 Å². The SMILES string of the molecule is Cc1ccc(C)c(NC(=O)C(C)Sc2nnnn2CC(C)C)c1. The number of benzene rings is 1. The molecule has 0 aliphatic rings. The Morgan fingerprint density at radius 2 is 2.04 bits per heavy atom. The normalized spacial score (nSPS) is 12.4. The van der Waals surface area contributed by atoms with Gasteiger partial charge in [0.1, 0.15) is 0 Å². The summed E-state index contributed by atoms with van der Waals surface area (Å²) in [7, 11) is 0. The molecule has 1 aromatic heterocycles. The van der Waals surface area contributed by atoms with Gasteiger partial charge in [0, 0.05) is 12.2 Å². The van der Waals surface area contributed by atoms with Crippen LogP contribution < -0.4 is 5.32 Å². The number of hydrogen-bond donors (Lipinski definition) is 1. The Kier molecular flexibility index (Phi) is 5.76. The van der Waals surface area contributed by atoms with Crippen LogP contribution in [0.25, 0.3) is 0 Å². The minimum absolute atomic E-state index is 0.0530. The highest BCUT2D eigenvalue weighted by atomic mass is 32.2. The number of aryl methyl sites for hydroxylation is 2. The van der Waals surface area contributed by atoms with Crippen LogP contribution in [0.1, 0.15) is 31.9 Å². The van der Waals surface area contributed by atoms with E-state index >= 15 is 0 Å². The summed E-state index contributed by atoms with van der Waals surface area (Å²) in [5, 5.41) is 15.1. The summed E-state index contributed by atoms with van der Waals surface area (Å²) in [6, 6.07) is 6.02. The van der Waals surface area contributed by atoms with Crippen molar-refractivity contribution in [1.82, 2.24) is 20.2 Å². The lowest BCUT2D eigenvalue weighted by atomic mass is 10.1. The van der Waals surface area contributed by atoms with E-state index in [1.165, 1.54) is 11.8 Å². The molecule has 1 amide bonds. The van der Waals surface area contributed by atoms with Gasteiger partial charge in [-0.2, -0.15) is 0 Å². The van der Waals surface area contributed by atoms with Crippen molar-refractivity contribution >= 4 is 23.4 Å². The smallest absolute Gasteiger partial charge is 0.237 e. The number of nitrogens with one attached hydrogen (secondary N) is 1. The van der Waals surface area contributed by atoms with Gasteiger partial charge in [0.15, 0.2) is 0 Å². The minimum atomic E-state index is -0.285. The third-order valence-electron chi connectivity index (χ3n) is 3.34. The third-order valence-corrected chi connectivity index (χ3v) is 4.41. The fourth-order valence-electron chi connectivity index (χ4n) is 2.06. The zero-order valence-corrected chi connectivity index (χ0v) is 15.0. The van der Waals surface area contributed by atoms with Crippen LogP contribution >= 0.6 is 11.8 Å². The molecule has 6 nitrogen and oxygen atoms in total. The van der Waals surface area contributed by atoms with Crippen LogP contribution in [-0.4, -0.2) is 31.4 Å². The van der Waals surface area contributed by atoms with Crippen LogP contribution in [0.4, 0.5) is 5.69 Å². The molecule has 1 unspecified atom stereocenters. The lowest BCUT2D eigenvalue weighted by Crippen LogP contribution is -2.23. The van der Waals surface area contributed by atoms with Gasteiger partial charge in [-0.25, -0.2) is 4.68 Å². The second-order valence-corrected chi connectivity index (χ2v) is 7.41. The molecule has 1 heterocycles. The summed E-state index contributed by atoms with van der Waals surface area (Å²) in [5.41, 5.74) is 3.02. The first-order chi connectivity index (χ1) is 10.9. The predicted octanol–water partition coefficient (Wildman–Crippen LogP) is 3.07. The van der Waals surface area contributed by atoms with Gasteiger partial charge in [0.25, 0.3) is 0 Å². The van der Waals surface area contributed by atoms with E-state index in [2.05, 4.69) is 34.7 Å². The van der Waals surface area contributed by atoms with Crippen LogP contribution in [0.15, 0.2) is 23.4 Å². The summed E-state index contributed by atoms with van der Waals surface area (Å²) in [5.74, 6) is 0.389. The maximum absolute atomic E-state index is 12.4. The van der Waals surface area contributed by atoms with Crippen molar-refractivity contribution in [1.29, 1.82) is 0 Å². The first-order valence-corrected chi connectivity index (χ1v) is 8.55. The van der Waals surface area contributed by atoms with Gasteiger partial charge >= 0.3 is 0 Å². The highest BCUT2D eigenvalue weighted by Crippen LogP contribution is 2.23. The molecule has 2 aromatic rings. The number of amides is 1. The lowest BCUT2D eigenvalue weighted by molar-refractivity contribution is -0.115. The first kappa shape index (κ1) is 17.5. The Morgan fingerprint density at radius 1 is 1.30 bits per heavy atom. The zero-order valence-electron chi connectivity index (χ0n) is 14.2. The number of hydrogen-bond acceptors (Lipinski definition) is 5. The molecular weight excluding hydrogens is 310 g/mol. The summed E-state index contributed by atoms with van der Waals surface area (Å²) in [4.78, 5) is 12.4. The Balaban J connectivity index is 2.03. The number of carbonyl (C=O) groups excluding carboxylic acids is 1. The molecule has 0 aliphatic carbocycles. The highest BCUT2D eigenvalue weighted by Gasteiger charge is 2.19. The summed E-state index contributed by atoms with van der Waals surface area (Å²) in [6.07, 6.45) is 0. The van der Waals surface area contributed by atoms with Crippen molar-refractivity contribution in [2.45, 2.75) is 51.6 Å². The first-order valence-electron chi connectivity index (χ1n) is 7.67. The molecule has 0 aliphatic heterocycles. The molecule has 0 spiro atoms. The fourth-order valence-corrected chi connectivity index (χ4v) is 2.86. The molecule has 0 radical (unpaired) electrons. The Bertz CT molecular complexity index is 683. The molecule has 0 saturated carbocycles. The number of tetrazole rings is 1. The van der Waals surface area contributed by atoms with Gasteiger partial charge in [-0.1, -0.05) is 37.7 Å². The second kappa shape index (κ2) is 7.59. The van der Waals surface area contributed by atoms with E-state index < -0.39 is 0 Å². The molecule has 0 bridgehead atoms. The Hall–Kier alpha value is -1.89. The predicted molar refractivity (Wildman–Crippen MR) is 92.5 cm³/mol. The standard InChI is InChI=1S/C16H23N5OS/c1-10(2)9-21-16(18-19-20-21)23-13(5)15(22)17-14-8-11(3)6-7-12(14)4/h6-8,10,13H,9H2,1-5H3,(H,17,22). The van der Waals surface area contributed by atoms with Gasteiger partial charge in [0.05, 0.1) is 5.25 Å². The minimum Gasteiger partial charge on any atom is -0.325 e. The highest BCUT2D eigenvalue weighted by molar-refractivity contribution is 8.00. The van der Waals surface area contributed by atoms with Crippen LogP contribution in [0, 0.1) is 19.8 Å². The van der Waals surface area contributed by atoms with Gasteiger partial charge in [-0.05, 0) is 54.3 Å². The molecule has 1 N–H and O–H groups in total. The number of aromatic nitrogens is 4. The average Bonchev–Trinajstić information content (AvgIpc) is 2.89. The maximum Gasteiger partial charge on any atom is 0.237 e. The quantitative estimate of drug-likeness (QED) is 0.823. The molecular formula is C16H23N5OS. The van der Waals surface area contributed by atoms with Crippen molar-refractivity contribution in [3.8, 4) is 0 Å². The molecule has 2 rings (SSSR count).